The van der Waals surface area contributed by atoms with Gasteiger partial charge in [0.25, 0.3) is 0 Å². The van der Waals surface area contributed by atoms with Crippen LogP contribution in [0.2, 0.25) is 0 Å². The maximum absolute atomic E-state index is 5.99. The van der Waals surface area contributed by atoms with Crippen molar-refractivity contribution in [2.45, 2.75) is 15.7 Å². The summed E-state index contributed by atoms with van der Waals surface area (Å²) in [6.07, 6.45) is 0. The second-order valence-corrected chi connectivity index (χ2v) is 6.48. The van der Waals surface area contributed by atoms with Crippen LogP contribution in [0.3, 0.4) is 0 Å². The lowest BCUT2D eigenvalue weighted by Gasteiger charge is -2.09. The third kappa shape index (κ3) is 4.25. The van der Waals surface area contributed by atoms with E-state index in [1.807, 2.05) is 48.5 Å². The predicted octanol–water partition coefficient (Wildman–Crippen LogP) is 6.38. The van der Waals surface area contributed by atoms with Gasteiger partial charge in [0.15, 0.2) is 0 Å². The number of hydrogen-bond donors (Lipinski definition) is 0. The maximum Gasteiger partial charge on any atom is 0.127 e. The first-order valence-electron chi connectivity index (χ1n) is 7.52. The van der Waals surface area contributed by atoms with Gasteiger partial charge in [0, 0.05) is 15.7 Å². The van der Waals surface area contributed by atoms with Crippen LogP contribution in [0.1, 0.15) is 5.56 Å². The van der Waals surface area contributed by atoms with E-state index in [-0.39, 0.29) is 0 Å². The number of methoxy groups -OCH3 is 1. The number of rotatable bonds is 6. The molecule has 3 aromatic carbocycles. The van der Waals surface area contributed by atoms with E-state index in [4.69, 9.17) is 21.1 Å². The van der Waals surface area contributed by atoms with E-state index in [1.54, 1.807) is 18.9 Å². The Morgan fingerprint density at radius 1 is 0.792 bits per heavy atom. The van der Waals surface area contributed by atoms with Gasteiger partial charge >= 0.3 is 0 Å². The first-order valence-corrected chi connectivity index (χ1v) is 8.87. The van der Waals surface area contributed by atoms with Gasteiger partial charge < -0.3 is 9.47 Å². The number of hydrogen-bond acceptors (Lipinski definition) is 3. The van der Waals surface area contributed by atoms with Gasteiger partial charge in [-0.15, -0.1) is 11.6 Å². The molecule has 0 aliphatic rings. The highest BCUT2D eigenvalue weighted by atomic mass is 35.5. The first kappa shape index (κ1) is 16.7. The van der Waals surface area contributed by atoms with Crippen LogP contribution < -0.4 is 9.47 Å². The molecule has 0 aliphatic heterocycles. The van der Waals surface area contributed by atoms with Crippen molar-refractivity contribution < 1.29 is 9.47 Å². The summed E-state index contributed by atoms with van der Waals surface area (Å²) in [5.41, 5.74) is 1.14. The summed E-state index contributed by atoms with van der Waals surface area (Å²) in [7, 11) is 1.65. The molecule has 0 amide bonds. The largest absolute Gasteiger partial charge is 0.497 e. The molecule has 0 radical (unpaired) electrons. The molecule has 0 atom stereocenters. The highest BCUT2D eigenvalue weighted by molar-refractivity contribution is 7.99. The molecule has 0 saturated carbocycles. The molecule has 2 nitrogen and oxygen atoms in total. The zero-order chi connectivity index (χ0) is 16.8. The average Bonchev–Trinajstić information content (AvgIpc) is 2.64. The van der Waals surface area contributed by atoms with E-state index in [2.05, 4.69) is 24.3 Å². The van der Waals surface area contributed by atoms with Crippen molar-refractivity contribution in [2.24, 2.45) is 0 Å². The highest BCUT2D eigenvalue weighted by Crippen LogP contribution is 2.33. The Bertz CT molecular complexity index is 785. The topological polar surface area (TPSA) is 18.5 Å². The lowest BCUT2D eigenvalue weighted by atomic mass is 10.2. The number of halogens is 1. The summed E-state index contributed by atoms with van der Waals surface area (Å²) in [6, 6.07) is 23.7. The summed E-state index contributed by atoms with van der Waals surface area (Å²) in [4.78, 5) is 2.32. The lowest BCUT2D eigenvalue weighted by molar-refractivity contribution is 0.413. The molecule has 3 aromatic rings. The quantitative estimate of drug-likeness (QED) is 0.477. The van der Waals surface area contributed by atoms with Gasteiger partial charge in [0.05, 0.1) is 7.11 Å². The predicted molar refractivity (Wildman–Crippen MR) is 99.6 cm³/mol. The Balaban J connectivity index is 1.68. The molecule has 0 aromatic heterocycles. The van der Waals surface area contributed by atoms with Gasteiger partial charge in [-0.2, -0.15) is 0 Å². The number of ether oxygens (including phenoxy) is 2. The molecule has 122 valence electrons. The van der Waals surface area contributed by atoms with Crippen LogP contribution in [0.25, 0.3) is 0 Å². The van der Waals surface area contributed by atoms with Gasteiger partial charge in [-0.3, -0.25) is 0 Å². The Morgan fingerprint density at radius 3 is 2.00 bits per heavy atom. The van der Waals surface area contributed by atoms with Crippen molar-refractivity contribution >= 4 is 23.4 Å². The van der Waals surface area contributed by atoms with Gasteiger partial charge in [0.2, 0.25) is 0 Å². The Labute approximate surface area is 151 Å². The van der Waals surface area contributed by atoms with Crippen LogP contribution in [-0.2, 0) is 5.88 Å². The van der Waals surface area contributed by atoms with Crippen LogP contribution >= 0.6 is 23.4 Å². The minimum Gasteiger partial charge on any atom is -0.497 e. The van der Waals surface area contributed by atoms with Gasteiger partial charge in [-0.25, -0.2) is 0 Å². The minimum absolute atomic E-state index is 0.516. The van der Waals surface area contributed by atoms with Gasteiger partial charge in [0.1, 0.15) is 17.2 Å². The van der Waals surface area contributed by atoms with Crippen LogP contribution in [0.15, 0.2) is 82.6 Å². The second-order valence-electron chi connectivity index (χ2n) is 5.09. The Hall–Kier alpha value is -2.10. The van der Waals surface area contributed by atoms with E-state index in [0.29, 0.717) is 5.88 Å². The van der Waals surface area contributed by atoms with Crippen LogP contribution in [0.5, 0.6) is 17.2 Å². The molecule has 0 bridgehead atoms. The van der Waals surface area contributed by atoms with E-state index in [0.717, 1.165) is 27.7 Å². The molecule has 4 heteroatoms. The standard InChI is InChI=1S/C20H17ClO2S/c1-22-16-6-8-17(9-7-16)23-18-10-12-19(13-11-18)24-20-5-3-2-4-15(20)14-21/h2-13H,14H2,1H3. The van der Waals surface area contributed by atoms with Gasteiger partial charge in [-0.05, 0) is 60.2 Å². The first-order chi connectivity index (χ1) is 11.8. The summed E-state index contributed by atoms with van der Waals surface area (Å²) >= 11 is 7.70. The zero-order valence-corrected chi connectivity index (χ0v) is 14.8. The summed E-state index contributed by atoms with van der Waals surface area (Å²) in [6.45, 7) is 0. The number of alkyl halides is 1. The Kier molecular flexibility index (Phi) is 5.68. The second kappa shape index (κ2) is 8.13. The van der Waals surface area contributed by atoms with Crippen molar-refractivity contribution in [2.75, 3.05) is 7.11 Å². The summed E-state index contributed by atoms with van der Waals surface area (Å²) in [5, 5.41) is 0. The van der Waals surface area contributed by atoms with Crippen molar-refractivity contribution in [3.8, 4) is 17.2 Å². The fraction of sp³-hybridized carbons (Fsp3) is 0.100. The van der Waals surface area contributed by atoms with Crippen molar-refractivity contribution in [1.82, 2.24) is 0 Å². The van der Waals surface area contributed by atoms with E-state index in [1.165, 1.54) is 4.90 Å². The molecule has 24 heavy (non-hydrogen) atoms. The fourth-order valence-corrected chi connectivity index (χ4v) is 3.45. The molecule has 0 unspecified atom stereocenters. The summed E-state index contributed by atoms with van der Waals surface area (Å²) in [5.74, 6) is 2.91. The normalized spacial score (nSPS) is 10.4. The minimum atomic E-state index is 0.516. The SMILES string of the molecule is COc1ccc(Oc2ccc(Sc3ccccc3CCl)cc2)cc1. The third-order valence-corrected chi connectivity index (χ3v) is 4.88. The molecular formula is C20H17ClO2S. The maximum atomic E-state index is 5.99. The molecule has 0 spiro atoms. The molecule has 0 saturated heterocycles. The molecule has 0 N–H and O–H groups in total. The van der Waals surface area contributed by atoms with Crippen LogP contribution in [0, 0.1) is 0 Å². The highest BCUT2D eigenvalue weighted by Gasteiger charge is 2.04. The van der Waals surface area contributed by atoms with E-state index in [9.17, 15) is 0 Å². The van der Waals surface area contributed by atoms with Crippen molar-refractivity contribution in [3.63, 3.8) is 0 Å². The monoisotopic (exact) mass is 356 g/mol. The molecule has 0 heterocycles. The molecule has 0 fully saturated rings. The lowest BCUT2D eigenvalue weighted by Crippen LogP contribution is -1.86. The molecular weight excluding hydrogens is 340 g/mol. The Morgan fingerprint density at radius 2 is 1.38 bits per heavy atom. The van der Waals surface area contributed by atoms with E-state index >= 15 is 0 Å². The zero-order valence-electron chi connectivity index (χ0n) is 13.2. The fourth-order valence-electron chi connectivity index (χ4n) is 2.20. The molecule has 0 aliphatic carbocycles. The molecule has 3 rings (SSSR count). The van der Waals surface area contributed by atoms with E-state index < -0.39 is 0 Å². The van der Waals surface area contributed by atoms with Crippen LogP contribution in [-0.4, -0.2) is 7.11 Å². The number of benzene rings is 3. The average molecular weight is 357 g/mol. The van der Waals surface area contributed by atoms with Crippen molar-refractivity contribution in [3.05, 3.63) is 78.4 Å². The third-order valence-electron chi connectivity index (χ3n) is 3.46. The summed E-state index contributed by atoms with van der Waals surface area (Å²) < 4.78 is 11.0. The smallest absolute Gasteiger partial charge is 0.127 e. The van der Waals surface area contributed by atoms with Gasteiger partial charge in [-0.1, -0.05) is 30.0 Å². The van der Waals surface area contributed by atoms with Crippen LogP contribution in [0.4, 0.5) is 0 Å². The van der Waals surface area contributed by atoms with Crippen molar-refractivity contribution in [1.29, 1.82) is 0 Å².